The monoisotopic (exact) mass is 251 g/mol. The quantitative estimate of drug-likeness (QED) is 0.491. The Kier molecular flexibility index (Phi) is 4.86. The van der Waals surface area contributed by atoms with Crippen LogP contribution in [0.4, 0.5) is 5.69 Å². The van der Waals surface area contributed by atoms with Crippen molar-refractivity contribution in [2.75, 3.05) is 14.2 Å². The van der Waals surface area contributed by atoms with E-state index in [2.05, 4.69) is 14.5 Å². The van der Waals surface area contributed by atoms with Crippen molar-refractivity contribution in [1.29, 1.82) is 0 Å². The van der Waals surface area contributed by atoms with Gasteiger partial charge in [0.2, 0.25) is 0 Å². The average molecular weight is 251 g/mol. The summed E-state index contributed by atoms with van der Waals surface area (Å²) in [5.74, 6) is -2.59. The van der Waals surface area contributed by atoms with Crippen molar-refractivity contribution in [1.82, 2.24) is 0 Å². The predicted octanol–water partition coefficient (Wildman–Crippen LogP) is 1.06. The van der Waals surface area contributed by atoms with Gasteiger partial charge in [-0.1, -0.05) is 0 Å². The number of hydrogen-bond donors (Lipinski definition) is 1. The van der Waals surface area contributed by atoms with Gasteiger partial charge in [-0.2, -0.15) is 0 Å². The summed E-state index contributed by atoms with van der Waals surface area (Å²) < 4.78 is 8.94. The van der Waals surface area contributed by atoms with Gasteiger partial charge in [0.25, 0.3) is 0 Å². The highest BCUT2D eigenvalue weighted by Gasteiger charge is 2.26. The lowest BCUT2D eigenvalue weighted by atomic mass is 10.2. The Labute approximate surface area is 104 Å². The molecule has 0 heterocycles. The first-order chi connectivity index (χ1) is 8.58. The van der Waals surface area contributed by atoms with Crippen molar-refractivity contribution < 1.29 is 24.2 Å². The number of carbonyl (C=O) groups excluding carboxylic acids is 2. The zero-order chi connectivity index (χ0) is 13.5. The number of rotatable bonds is 4. The van der Waals surface area contributed by atoms with E-state index in [1.807, 2.05) is 0 Å². The first-order valence-corrected chi connectivity index (χ1v) is 5.07. The minimum absolute atomic E-state index is 0.103. The second-order valence-corrected chi connectivity index (χ2v) is 3.32. The van der Waals surface area contributed by atoms with Gasteiger partial charge in [-0.05, 0) is 24.3 Å². The highest BCUT2D eigenvalue weighted by atomic mass is 16.5. The number of carbonyl (C=O) groups is 2. The molecule has 0 saturated carbocycles. The summed E-state index contributed by atoms with van der Waals surface area (Å²) >= 11 is 0. The SMILES string of the molecule is COC(=O)C(C=Nc1ccc(O)cc1)C(=O)OC. The minimum Gasteiger partial charge on any atom is -0.508 e. The molecule has 0 radical (unpaired) electrons. The van der Waals surface area contributed by atoms with Crippen molar-refractivity contribution in [3.05, 3.63) is 24.3 Å². The maximum Gasteiger partial charge on any atom is 0.325 e. The van der Waals surface area contributed by atoms with Gasteiger partial charge in [-0.25, -0.2) is 0 Å². The number of methoxy groups -OCH3 is 2. The third kappa shape index (κ3) is 3.58. The molecule has 1 rings (SSSR count). The van der Waals surface area contributed by atoms with Crippen LogP contribution in [0.3, 0.4) is 0 Å². The molecule has 1 aromatic rings. The number of ether oxygens (including phenoxy) is 2. The lowest BCUT2D eigenvalue weighted by Gasteiger charge is -2.06. The molecule has 18 heavy (non-hydrogen) atoms. The van der Waals surface area contributed by atoms with Crippen molar-refractivity contribution >= 4 is 23.8 Å². The molecule has 0 amide bonds. The van der Waals surface area contributed by atoms with Gasteiger partial charge in [-0.3, -0.25) is 14.6 Å². The molecule has 0 aliphatic carbocycles. The lowest BCUT2D eigenvalue weighted by molar-refractivity contribution is -0.154. The molecule has 0 fully saturated rings. The maximum atomic E-state index is 11.3. The van der Waals surface area contributed by atoms with E-state index in [1.165, 1.54) is 38.5 Å². The Morgan fingerprint density at radius 1 is 1.17 bits per heavy atom. The van der Waals surface area contributed by atoms with Gasteiger partial charge in [0.05, 0.1) is 19.9 Å². The summed E-state index contributed by atoms with van der Waals surface area (Å²) in [6.07, 6.45) is 1.14. The van der Waals surface area contributed by atoms with Gasteiger partial charge < -0.3 is 14.6 Å². The first kappa shape index (κ1) is 13.7. The van der Waals surface area contributed by atoms with Gasteiger partial charge in [-0.15, -0.1) is 0 Å². The molecule has 0 spiro atoms. The summed E-state index contributed by atoms with van der Waals surface area (Å²) in [6, 6.07) is 5.96. The second-order valence-electron chi connectivity index (χ2n) is 3.32. The number of phenolic OH excluding ortho intramolecular Hbond substituents is 1. The fourth-order valence-corrected chi connectivity index (χ4v) is 1.17. The summed E-state index contributed by atoms with van der Waals surface area (Å²) in [5.41, 5.74) is 0.491. The van der Waals surface area contributed by atoms with Crippen LogP contribution in [-0.4, -0.2) is 37.5 Å². The van der Waals surface area contributed by atoms with Gasteiger partial charge >= 0.3 is 11.9 Å². The number of esters is 2. The Morgan fingerprint density at radius 3 is 2.11 bits per heavy atom. The Balaban J connectivity index is 2.86. The fourth-order valence-electron chi connectivity index (χ4n) is 1.17. The zero-order valence-corrected chi connectivity index (χ0v) is 9.99. The van der Waals surface area contributed by atoms with E-state index in [4.69, 9.17) is 5.11 Å². The summed E-state index contributed by atoms with van der Waals surface area (Å²) in [6.45, 7) is 0. The van der Waals surface area contributed by atoms with Crippen LogP contribution in [0.15, 0.2) is 29.3 Å². The third-order valence-electron chi connectivity index (χ3n) is 2.13. The number of aromatic hydroxyl groups is 1. The smallest absolute Gasteiger partial charge is 0.325 e. The number of benzene rings is 1. The van der Waals surface area contributed by atoms with Gasteiger partial charge in [0.15, 0.2) is 5.92 Å². The Morgan fingerprint density at radius 2 is 1.67 bits per heavy atom. The van der Waals surface area contributed by atoms with Crippen LogP contribution in [0.2, 0.25) is 0 Å². The van der Waals surface area contributed by atoms with Crippen LogP contribution in [-0.2, 0) is 19.1 Å². The van der Waals surface area contributed by atoms with Crippen LogP contribution >= 0.6 is 0 Å². The number of aliphatic imine (C=N–C) groups is 1. The molecule has 0 bridgehead atoms. The molecule has 96 valence electrons. The van der Waals surface area contributed by atoms with Crippen molar-refractivity contribution in [2.24, 2.45) is 10.9 Å². The molecule has 0 aliphatic rings. The van der Waals surface area contributed by atoms with E-state index in [0.29, 0.717) is 5.69 Å². The average Bonchev–Trinajstić information content (AvgIpc) is 2.40. The number of phenols is 1. The van der Waals surface area contributed by atoms with E-state index < -0.39 is 17.9 Å². The van der Waals surface area contributed by atoms with Crippen molar-refractivity contribution in [3.63, 3.8) is 0 Å². The molecule has 0 saturated heterocycles. The van der Waals surface area contributed by atoms with E-state index in [0.717, 1.165) is 6.21 Å². The standard InChI is InChI=1S/C12H13NO5/c1-17-11(15)10(12(16)18-2)7-13-8-3-5-9(14)6-4-8/h3-7,10,14H,1-2H3. The summed E-state index contributed by atoms with van der Waals surface area (Å²) in [5, 5.41) is 9.09. The van der Waals surface area contributed by atoms with Crippen LogP contribution in [0, 0.1) is 5.92 Å². The molecular weight excluding hydrogens is 238 g/mol. The van der Waals surface area contributed by atoms with Crippen molar-refractivity contribution in [2.45, 2.75) is 0 Å². The van der Waals surface area contributed by atoms with Crippen LogP contribution in [0.5, 0.6) is 5.75 Å². The van der Waals surface area contributed by atoms with Gasteiger partial charge in [0, 0.05) is 6.21 Å². The van der Waals surface area contributed by atoms with Crippen LogP contribution < -0.4 is 0 Å². The third-order valence-corrected chi connectivity index (χ3v) is 2.13. The molecule has 0 unspecified atom stereocenters. The molecule has 0 aliphatic heterocycles. The molecular formula is C12H13NO5. The molecule has 6 heteroatoms. The fraction of sp³-hybridized carbons (Fsp3) is 0.250. The normalized spacial score (nSPS) is 10.6. The molecule has 6 nitrogen and oxygen atoms in total. The summed E-state index contributed by atoms with van der Waals surface area (Å²) in [4.78, 5) is 26.6. The highest BCUT2D eigenvalue weighted by molar-refractivity contribution is 6.09. The lowest BCUT2D eigenvalue weighted by Crippen LogP contribution is -2.27. The number of nitrogens with zero attached hydrogens (tertiary/aromatic N) is 1. The van der Waals surface area contributed by atoms with Crippen LogP contribution in [0.25, 0.3) is 0 Å². The minimum atomic E-state index is -1.20. The van der Waals surface area contributed by atoms with E-state index in [1.54, 1.807) is 0 Å². The zero-order valence-electron chi connectivity index (χ0n) is 9.99. The van der Waals surface area contributed by atoms with E-state index in [9.17, 15) is 9.59 Å². The Hall–Kier alpha value is -2.37. The highest BCUT2D eigenvalue weighted by Crippen LogP contribution is 2.16. The Bertz CT molecular complexity index is 436. The largest absolute Gasteiger partial charge is 0.508 e. The van der Waals surface area contributed by atoms with Crippen molar-refractivity contribution in [3.8, 4) is 5.75 Å². The molecule has 1 aromatic carbocycles. The first-order valence-electron chi connectivity index (χ1n) is 5.07. The van der Waals surface area contributed by atoms with E-state index >= 15 is 0 Å². The van der Waals surface area contributed by atoms with Crippen LogP contribution in [0.1, 0.15) is 0 Å². The maximum absolute atomic E-state index is 11.3. The predicted molar refractivity (Wildman–Crippen MR) is 63.8 cm³/mol. The van der Waals surface area contributed by atoms with Gasteiger partial charge in [0.1, 0.15) is 5.75 Å². The molecule has 0 atom stereocenters. The second kappa shape index (κ2) is 6.39. The number of hydrogen-bond acceptors (Lipinski definition) is 6. The summed E-state index contributed by atoms with van der Waals surface area (Å²) in [7, 11) is 2.35. The topological polar surface area (TPSA) is 85.2 Å². The van der Waals surface area contributed by atoms with E-state index in [-0.39, 0.29) is 5.75 Å². The molecule has 1 N–H and O–H groups in total. The molecule has 0 aromatic heterocycles.